The van der Waals surface area contributed by atoms with Gasteiger partial charge < -0.3 is 14.1 Å². The second-order valence-electron chi connectivity index (χ2n) is 8.62. The van der Waals surface area contributed by atoms with E-state index in [9.17, 15) is 14.4 Å². The highest BCUT2D eigenvalue weighted by Crippen LogP contribution is 2.37. The third-order valence-electron chi connectivity index (χ3n) is 5.63. The van der Waals surface area contributed by atoms with E-state index in [0.717, 1.165) is 21.5 Å². The number of nitrogens with zero attached hydrogens (tertiary/aromatic N) is 1. The largest absolute Gasteiger partial charge is 0.465 e. The van der Waals surface area contributed by atoms with Crippen molar-refractivity contribution in [1.29, 1.82) is 0 Å². The van der Waals surface area contributed by atoms with Crippen molar-refractivity contribution in [2.75, 3.05) is 7.11 Å². The Morgan fingerprint density at radius 1 is 1.23 bits per heavy atom. The van der Waals surface area contributed by atoms with Crippen LogP contribution in [0.1, 0.15) is 36.7 Å². The van der Waals surface area contributed by atoms with Gasteiger partial charge in [-0.2, -0.15) is 0 Å². The van der Waals surface area contributed by atoms with Crippen LogP contribution in [0.5, 0.6) is 0 Å². The van der Waals surface area contributed by atoms with Crippen LogP contribution in [-0.4, -0.2) is 30.9 Å². The summed E-state index contributed by atoms with van der Waals surface area (Å²) >= 11 is 1.13. The van der Waals surface area contributed by atoms with Crippen molar-refractivity contribution >= 4 is 36.5 Å². The zero-order valence-electron chi connectivity index (χ0n) is 18.0. The fourth-order valence-electron chi connectivity index (χ4n) is 2.79. The average molecular weight is 447 g/mol. The van der Waals surface area contributed by atoms with Crippen molar-refractivity contribution in [2.45, 2.75) is 45.5 Å². The van der Waals surface area contributed by atoms with Crippen molar-refractivity contribution in [3.05, 3.63) is 61.6 Å². The van der Waals surface area contributed by atoms with Crippen molar-refractivity contribution in [1.82, 2.24) is 9.55 Å². The summed E-state index contributed by atoms with van der Waals surface area (Å²) in [6, 6.07) is 6.82. The first-order valence-corrected chi connectivity index (χ1v) is 13.3. The standard InChI is InChI=1S/C21H26N2O5SSi/c1-21(2,3)30(5,6)28-11-13-8-7-9-15-17(13)18(24)23(20(26)22-15)16-10-14(12-29-16)19(25)27-4/h7-10,12H,11H2,1-6H3,(H,22,26). The zero-order valence-corrected chi connectivity index (χ0v) is 19.8. The molecule has 0 aliphatic rings. The van der Waals surface area contributed by atoms with E-state index in [2.05, 4.69) is 38.8 Å². The Bertz CT molecular complexity index is 1220. The first-order valence-electron chi connectivity index (χ1n) is 9.54. The number of ether oxygens (including phenoxy) is 1. The molecule has 7 nitrogen and oxygen atoms in total. The minimum Gasteiger partial charge on any atom is -0.465 e. The second kappa shape index (κ2) is 7.97. The number of H-pyrrole nitrogens is 1. The third-order valence-corrected chi connectivity index (χ3v) is 11.0. The number of carbonyl (C=O) groups excluding carboxylic acids is 1. The van der Waals surface area contributed by atoms with Gasteiger partial charge in [-0.25, -0.2) is 14.2 Å². The van der Waals surface area contributed by atoms with Crippen LogP contribution >= 0.6 is 11.3 Å². The fourth-order valence-corrected chi connectivity index (χ4v) is 4.62. The Kier molecular flexibility index (Phi) is 5.90. The number of hydrogen-bond donors (Lipinski definition) is 1. The fraction of sp³-hybridized carbons (Fsp3) is 0.381. The Balaban J connectivity index is 2.11. The molecule has 3 rings (SSSR count). The Morgan fingerprint density at radius 2 is 1.93 bits per heavy atom. The molecule has 0 amide bonds. The van der Waals surface area contributed by atoms with E-state index in [1.165, 1.54) is 13.2 Å². The number of fused-ring (bicyclic) bond motifs is 1. The van der Waals surface area contributed by atoms with Gasteiger partial charge in [-0.3, -0.25) is 4.79 Å². The van der Waals surface area contributed by atoms with Crippen LogP contribution in [0.2, 0.25) is 18.1 Å². The predicted octanol–water partition coefficient (Wildman–Crippen LogP) is 4.05. The number of nitrogens with one attached hydrogen (secondary N) is 1. The van der Waals surface area contributed by atoms with Gasteiger partial charge in [0.05, 0.1) is 30.2 Å². The summed E-state index contributed by atoms with van der Waals surface area (Å²) in [5, 5.41) is 2.35. The minimum absolute atomic E-state index is 0.0351. The van der Waals surface area contributed by atoms with Gasteiger partial charge >= 0.3 is 11.7 Å². The molecule has 0 spiro atoms. The van der Waals surface area contributed by atoms with Crippen LogP contribution in [0.4, 0.5) is 0 Å². The number of carbonyl (C=O) groups is 1. The number of methoxy groups -OCH3 is 1. The number of benzene rings is 1. The number of esters is 1. The van der Waals surface area contributed by atoms with Gasteiger partial charge in [-0.15, -0.1) is 11.3 Å². The molecule has 3 aromatic rings. The monoisotopic (exact) mass is 446 g/mol. The summed E-state index contributed by atoms with van der Waals surface area (Å²) in [6.07, 6.45) is 0. The van der Waals surface area contributed by atoms with Crippen LogP contribution in [0.15, 0.2) is 39.2 Å². The predicted molar refractivity (Wildman–Crippen MR) is 121 cm³/mol. The van der Waals surface area contributed by atoms with E-state index in [-0.39, 0.29) is 11.6 Å². The van der Waals surface area contributed by atoms with E-state index >= 15 is 0 Å². The van der Waals surface area contributed by atoms with E-state index in [0.29, 0.717) is 21.5 Å². The Morgan fingerprint density at radius 3 is 2.57 bits per heavy atom. The molecule has 2 aromatic heterocycles. The molecule has 0 saturated heterocycles. The SMILES string of the molecule is COC(=O)c1csc(-n2c(=O)[nH]c3cccc(CO[Si](C)(C)C(C)(C)C)c3c2=O)c1. The first kappa shape index (κ1) is 22.2. The molecule has 2 heterocycles. The van der Waals surface area contributed by atoms with E-state index in [4.69, 9.17) is 9.16 Å². The molecule has 0 saturated carbocycles. The lowest BCUT2D eigenvalue weighted by atomic mass is 10.1. The summed E-state index contributed by atoms with van der Waals surface area (Å²) < 4.78 is 12.1. The summed E-state index contributed by atoms with van der Waals surface area (Å²) in [6.45, 7) is 11.1. The minimum atomic E-state index is -2.02. The smallest absolute Gasteiger partial charge is 0.338 e. The van der Waals surface area contributed by atoms with Crippen LogP contribution in [-0.2, 0) is 15.8 Å². The third kappa shape index (κ3) is 4.05. The van der Waals surface area contributed by atoms with Gasteiger partial charge in [0, 0.05) is 5.38 Å². The maximum Gasteiger partial charge on any atom is 0.338 e. The quantitative estimate of drug-likeness (QED) is 0.472. The van der Waals surface area contributed by atoms with Crippen molar-refractivity contribution in [3.63, 3.8) is 0 Å². The van der Waals surface area contributed by atoms with Crippen LogP contribution in [0, 0.1) is 0 Å². The van der Waals surface area contributed by atoms with Gasteiger partial charge in [-0.1, -0.05) is 32.9 Å². The molecule has 0 fully saturated rings. The molecule has 0 atom stereocenters. The van der Waals surface area contributed by atoms with E-state index < -0.39 is 25.5 Å². The molecular formula is C21H26N2O5SSi. The molecule has 160 valence electrons. The Hall–Kier alpha value is -2.49. The maximum atomic E-state index is 13.3. The molecule has 9 heteroatoms. The highest BCUT2D eigenvalue weighted by Gasteiger charge is 2.37. The summed E-state index contributed by atoms with van der Waals surface area (Å²) in [7, 11) is -0.743. The van der Waals surface area contributed by atoms with Crippen LogP contribution < -0.4 is 11.2 Å². The second-order valence-corrected chi connectivity index (χ2v) is 14.3. The Labute approximate surface area is 179 Å². The number of thiophene rings is 1. The molecule has 0 radical (unpaired) electrons. The molecule has 0 aliphatic heterocycles. The molecule has 0 bridgehead atoms. The van der Waals surface area contributed by atoms with E-state index in [1.807, 2.05) is 6.07 Å². The lowest BCUT2D eigenvalue weighted by Gasteiger charge is -2.36. The van der Waals surface area contributed by atoms with Gasteiger partial charge in [0.2, 0.25) is 0 Å². The lowest BCUT2D eigenvalue weighted by Crippen LogP contribution is -2.40. The zero-order chi connectivity index (χ0) is 22.3. The molecular weight excluding hydrogens is 420 g/mol. The topological polar surface area (TPSA) is 90.4 Å². The van der Waals surface area contributed by atoms with Gasteiger partial charge in [-0.05, 0) is 35.8 Å². The average Bonchev–Trinajstić information content (AvgIpc) is 3.14. The number of hydrogen-bond acceptors (Lipinski definition) is 6. The van der Waals surface area contributed by atoms with Crippen molar-refractivity contribution < 1.29 is 14.0 Å². The normalized spacial score (nSPS) is 12.3. The molecule has 1 aromatic carbocycles. The maximum absolute atomic E-state index is 13.3. The number of rotatable bonds is 5. The van der Waals surface area contributed by atoms with E-state index in [1.54, 1.807) is 17.5 Å². The molecule has 0 unspecified atom stereocenters. The van der Waals surface area contributed by atoms with Gasteiger partial charge in [0.25, 0.3) is 5.56 Å². The van der Waals surface area contributed by atoms with Gasteiger partial charge in [0.1, 0.15) is 5.00 Å². The number of aromatic amines is 1. The summed E-state index contributed by atoms with van der Waals surface area (Å²) in [4.78, 5) is 40.5. The molecule has 30 heavy (non-hydrogen) atoms. The lowest BCUT2D eigenvalue weighted by molar-refractivity contribution is 0.0601. The molecule has 1 N–H and O–H groups in total. The van der Waals surface area contributed by atoms with Crippen LogP contribution in [0.3, 0.4) is 0 Å². The summed E-state index contributed by atoms with van der Waals surface area (Å²) in [5.74, 6) is -0.522. The van der Waals surface area contributed by atoms with Gasteiger partial charge in [0.15, 0.2) is 8.32 Å². The highest BCUT2D eigenvalue weighted by molar-refractivity contribution is 7.12. The van der Waals surface area contributed by atoms with Crippen molar-refractivity contribution in [2.24, 2.45) is 0 Å². The summed E-state index contributed by atoms with van der Waals surface area (Å²) in [5.41, 5.74) is 0.465. The van der Waals surface area contributed by atoms with Crippen molar-refractivity contribution in [3.8, 4) is 5.00 Å². The first-order chi connectivity index (χ1) is 14.0. The number of aromatic nitrogens is 2. The van der Waals surface area contributed by atoms with Crippen LogP contribution in [0.25, 0.3) is 15.9 Å². The highest BCUT2D eigenvalue weighted by atomic mass is 32.1. The molecule has 0 aliphatic carbocycles.